The van der Waals surface area contributed by atoms with Gasteiger partial charge in [-0.1, -0.05) is 6.07 Å². The second-order valence-corrected chi connectivity index (χ2v) is 9.50. The Morgan fingerprint density at radius 3 is 2.60 bits per heavy atom. The molecule has 0 radical (unpaired) electrons. The number of anilines is 1. The maximum absolute atomic E-state index is 13.2. The minimum absolute atomic E-state index is 0.0416. The third kappa shape index (κ3) is 5.71. The van der Waals surface area contributed by atoms with Gasteiger partial charge in [0.1, 0.15) is 30.6 Å². The van der Waals surface area contributed by atoms with Crippen molar-refractivity contribution in [3.05, 3.63) is 48.2 Å². The van der Waals surface area contributed by atoms with Gasteiger partial charge in [0.25, 0.3) is 11.8 Å². The summed E-state index contributed by atoms with van der Waals surface area (Å²) in [5.41, 5.74) is 5.19. The third-order valence-corrected chi connectivity index (χ3v) is 6.04. The summed E-state index contributed by atoms with van der Waals surface area (Å²) in [7, 11) is 0. The zero-order valence-corrected chi connectivity index (χ0v) is 19.8. The van der Waals surface area contributed by atoms with Crippen LogP contribution in [0.5, 0.6) is 11.6 Å². The lowest BCUT2D eigenvalue weighted by Crippen LogP contribution is -2.44. The molecule has 1 aliphatic carbocycles. The van der Waals surface area contributed by atoms with Crippen LogP contribution >= 0.6 is 0 Å². The highest BCUT2D eigenvalue weighted by Gasteiger charge is 2.42. The van der Waals surface area contributed by atoms with E-state index in [0.717, 1.165) is 0 Å². The molecule has 2 heterocycles. The molecular weight excluding hydrogens is 452 g/mol. The Morgan fingerprint density at radius 1 is 1.17 bits per heavy atom. The van der Waals surface area contributed by atoms with Gasteiger partial charge in [-0.25, -0.2) is 9.78 Å². The molecule has 2 aliphatic rings. The van der Waals surface area contributed by atoms with Crippen LogP contribution in [-0.2, 0) is 4.79 Å². The van der Waals surface area contributed by atoms with E-state index in [1.54, 1.807) is 50.2 Å². The van der Waals surface area contributed by atoms with E-state index >= 15 is 0 Å². The quantitative estimate of drug-likeness (QED) is 0.552. The van der Waals surface area contributed by atoms with Gasteiger partial charge < -0.3 is 20.3 Å². The topological polar surface area (TPSA) is 135 Å². The number of nitrogens with zero attached hydrogens (tertiary/aromatic N) is 3. The first kappa shape index (κ1) is 24.5. The predicted molar refractivity (Wildman–Crippen MR) is 127 cm³/mol. The first-order valence-corrected chi connectivity index (χ1v) is 11.6. The van der Waals surface area contributed by atoms with Crippen molar-refractivity contribution in [1.82, 2.24) is 9.88 Å². The van der Waals surface area contributed by atoms with Crippen molar-refractivity contribution in [1.29, 1.82) is 0 Å². The van der Waals surface area contributed by atoms with Crippen molar-refractivity contribution in [3.8, 4) is 11.6 Å². The molecule has 1 aliphatic heterocycles. The molecule has 1 aromatic heterocycles. The summed E-state index contributed by atoms with van der Waals surface area (Å²) in [5, 5.41) is 9.88. The predicted octanol–water partition coefficient (Wildman–Crippen LogP) is 2.49. The number of urea groups is 1. The summed E-state index contributed by atoms with van der Waals surface area (Å²) in [4.78, 5) is 44.5. The molecule has 4 rings (SSSR count). The number of aromatic nitrogens is 1. The van der Waals surface area contributed by atoms with Gasteiger partial charge in [-0.15, -0.1) is 0 Å². The molecule has 35 heavy (non-hydrogen) atoms. The zero-order valence-electron chi connectivity index (χ0n) is 19.8. The fraction of sp³-hybridized carbons (Fsp3) is 0.440. The van der Waals surface area contributed by atoms with Crippen molar-refractivity contribution in [2.75, 3.05) is 18.1 Å². The van der Waals surface area contributed by atoms with E-state index in [-0.39, 0.29) is 48.7 Å². The van der Waals surface area contributed by atoms with Gasteiger partial charge in [-0.3, -0.25) is 19.4 Å². The molecule has 2 aromatic rings. The fourth-order valence-corrected chi connectivity index (χ4v) is 4.33. The first-order chi connectivity index (χ1) is 16.6. The van der Waals surface area contributed by atoms with Gasteiger partial charge in [0.15, 0.2) is 0 Å². The van der Waals surface area contributed by atoms with Crippen LogP contribution in [0.15, 0.2) is 42.6 Å². The lowest BCUT2D eigenvalue weighted by atomic mass is 9.92. The monoisotopic (exact) mass is 482 g/mol. The Hall–Kier alpha value is -3.66. The number of imide groups is 1. The number of pyridine rings is 1. The van der Waals surface area contributed by atoms with Gasteiger partial charge in [-0.05, 0) is 63.8 Å². The van der Waals surface area contributed by atoms with Crippen molar-refractivity contribution < 1.29 is 29.0 Å². The van der Waals surface area contributed by atoms with Gasteiger partial charge >= 0.3 is 6.03 Å². The molecule has 10 nitrogen and oxygen atoms in total. The molecule has 2 fully saturated rings. The number of amides is 4. The van der Waals surface area contributed by atoms with Gasteiger partial charge in [-0.2, -0.15) is 0 Å². The van der Waals surface area contributed by atoms with Crippen LogP contribution in [0, 0.1) is 0 Å². The van der Waals surface area contributed by atoms with Crippen LogP contribution in [0.1, 0.15) is 49.9 Å². The number of rotatable bonds is 8. The molecule has 0 bridgehead atoms. The second kappa shape index (κ2) is 9.91. The van der Waals surface area contributed by atoms with Crippen LogP contribution < -0.4 is 20.1 Å². The van der Waals surface area contributed by atoms with Crippen LogP contribution in [0.25, 0.3) is 0 Å². The summed E-state index contributed by atoms with van der Waals surface area (Å²) in [6.07, 6.45) is 3.74. The smallest absolute Gasteiger partial charge is 0.331 e. The van der Waals surface area contributed by atoms with E-state index in [0.29, 0.717) is 37.1 Å². The Morgan fingerprint density at radius 2 is 1.91 bits per heavy atom. The molecule has 186 valence electrons. The Balaban J connectivity index is 1.38. The second-order valence-electron chi connectivity index (χ2n) is 9.50. The highest BCUT2D eigenvalue weighted by Crippen LogP contribution is 2.32. The maximum atomic E-state index is 13.2. The van der Waals surface area contributed by atoms with Crippen LogP contribution in [0.2, 0.25) is 0 Å². The van der Waals surface area contributed by atoms with E-state index in [4.69, 9.17) is 15.2 Å². The Bertz CT molecular complexity index is 1110. The van der Waals surface area contributed by atoms with Crippen molar-refractivity contribution in [2.24, 2.45) is 5.73 Å². The molecule has 0 atom stereocenters. The molecule has 1 saturated carbocycles. The highest BCUT2D eigenvalue weighted by molar-refractivity contribution is 6.12. The Labute approximate surface area is 203 Å². The molecule has 1 saturated heterocycles. The third-order valence-electron chi connectivity index (χ3n) is 6.04. The summed E-state index contributed by atoms with van der Waals surface area (Å²) >= 11 is 0. The number of nitrogens with two attached hydrogens (primary N) is 1. The van der Waals surface area contributed by atoms with Crippen molar-refractivity contribution in [3.63, 3.8) is 0 Å². The first-order valence-electron chi connectivity index (χ1n) is 11.6. The van der Waals surface area contributed by atoms with E-state index in [1.807, 2.05) is 0 Å². The molecule has 0 unspecified atom stereocenters. The number of aliphatic hydroxyl groups is 1. The van der Waals surface area contributed by atoms with Crippen LogP contribution in [-0.4, -0.2) is 63.7 Å². The van der Waals surface area contributed by atoms with E-state index in [9.17, 15) is 19.5 Å². The lowest BCUT2D eigenvalue weighted by Gasteiger charge is -2.33. The number of benzene rings is 1. The minimum Gasteiger partial charge on any atom is -0.491 e. The Kier molecular flexibility index (Phi) is 6.93. The summed E-state index contributed by atoms with van der Waals surface area (Å²) in [6, 6.07) is 9.52. The standard InChI is InChI=1S/C25H30N4O6/c1-25(2,33)15-34-19-6-3-5-17(13-19)28-14-21(30)29(24(28)32)16-8-10-18(11-9-16)35-23-20(22(26)31)7-4-12-27-23/h3-7,12-13,16,18,33H,8-11,14-15H2,1-2H3,(H2,26,31)/t16-,18-. The number of primary amides is 1. The average Bonchev–Trinajstić information content (AvgIpc) is 3.12. The molecule has 4 amide bonds. The maximum Gasteiger partial charge on any atom is 0.331 e. The highest BCUT2D eigenvalue weighted by atomic mass is 16.5. The number of hydrogen-bond acceptors (Lipinski definition) is 7. The number of carbonyl (C=O) groups is 3. The van der Waals surface area contributed by atoms with Gasteiger partial charge in [0, 0.05) is 24.0 Å². The van der Waals surface area contributed by atoms with E-state index in [1.165, 1.54) is 16.0 Å². The SMILES string of the molecule is CC(C)(O)COc1cccc(N2CC(=O)N([C@H]3CC[C@H](Oc4ncccc4C(N)=O)CC3)C2=O)c1. The average molecular weight is 483 g/mol. The largest absolute Gasteiger partial charge is 0.491 e. The van der Waals surface area contributed by atoms with Crippen LogP contribution in [0.4, 0.5) is 10.5 Å². The number of carbonyl (C=O) groups excluding carboxylic acids is 3. The van der Waals surface area contributed by atoms with E-state index < -0.39 is 11.5 Å². The summed E-state index contributed by atoms with van der Waals surface area (Å²) in [5.74, 6) is -0.145. The normalized spacial score (nSPS) is 20.8. The van der Waals surface area contributed by atoms with Gasteiger partial charge in [0.05, 0.1) is 5.60 Å². The number of hydrogen-bond donors (Lipinski definition) is 2. The van der Waals surface area contributed by atoms with Crippen molar-refractivity contribution >= 4 is 23.5 Å². The van der Waals surface area contributed by atoms with Crippen LogP contribution in [0.3, 0.4) is 0 Å². The fourth-order valence-electron chi connectivity index (χ4n) is 4.33. The molecule has 3 N–H and O–H groups in total. The minimum atomic E-state index is -0.993. The summed E-state index contributed by atoms with van der Waals surface area (Å²) in [6.45, 7) is 3.34. The van der Waals surface area contributed by atoms with Gasteiger partial charge in [0.2, 0.25) is 5.88 Å². The molecule has 10 heteroatoms. The molecule has 1 aromatic carbocycles. The van der Waals surface area contributed by atoms with E-state index in [2.05, 4.69) is 4.98 Å². The number of ether oxygens (including phenoxy) is 2. The van der Waals surface area contributed by atoms with Crippen molar-refractivity contribution in [2.45, 2.75) is 57.3 Å². The summed E-state index contributed by atoms with van der Waals surface area (Å²) < 4.78 is 11.5. The zero-order chi connectivity index (χ0) is 25.2. The molecule has 0 spiro atoms. The molecular formula is C25H30N4O6. The lowest BCUT2D eigenvalue weighted by molar-refractivity contribution is -0.127.